The number of halogens is 3. The van der Waals surface area contributed by atoms with Gasteiger partial charge < -0.3 is 4.74 Å². The summed E-state index contributed by atoms with van der Waals surface area (Å²) in [5.41, 5.74) is 1.50. The van der Waals surface area contributed by atoms with Gasteiger partial charge >= 0.3 is 5.97 Å². The number of esters is 1. The maximum Gasteiger partial charge on any atom is 0.356 e. The van der Waals surface area contributed by atoms with Crippen LogP contribution in [0.2, 0.25) is 0 Å². The number of Topliss-reactive ketones (excluding diaryl/α,β-unsaturated/α-hetero) is 1. The first-order valence-corrected chi connectivity index (χ1v) is 9.61. The van der Waals surface area contributed by atoms with Gasteiger partial charge in [-0.1, -0.05) is 0 Å². The molecule has 0 saturated carbocycles. The highest BCUT2D eigenvalue weighted by atomic mass is 79.9. The molecule has 23 heavy (non-hydrogen) atoms. The fourth-order valence-corrected chi connectivity index (χ4v) is 6.82. The average molecular weight is 476 g/mol. The fraction of sp³-hybridized carbons (Fsp3) is 0.0667. The molecule has 0 bridgehead atoms. The zero-order valence-corrected chi connectivity index (χ0v) is 15.9. The topological polar surface area (TPSA) is 43.4 Å². The number of hydrogen-bond acceptors (Lipinski definition) is 5. The molecule has 8 heteroatoms. The maximum absolute atomic E-state index is 14.5. The van der Waals surface area contributed by atoms with Crippen LogP contribution in [0.4, 0.5) is 4.39 Å². The third kappa shape index (κ3) is 2.39. The van der Waals surface area contributed by atoms with E-state index >= 15 is 0 Å². The van der Waals surface area contributed by atoms with Gasteiger partial charge in [0.2, 0.25) is 0 Å². The van der Waals surface area contributed by atoms with Crippen LogP contribution >= 0.6 is 54.5 Å². The first kappa shape index (κ1) is 15.4. The summed E-state index contributed by atoms with van der Waals surface area (Å²) >= 11 is 9.07. The molecule has 0 saturated heterocycles. The van der Waals surface area contributed by atoms with Crippen LogP contribution in [-0.4, -0.2) is 11.8 Å². The molecule has 0 aliphatic heterocycles. The lowest BCUT2D eigenvalue weighted by Gasteiger charge is -2.17. The Labute approximate surface area is 154 Å². The van der Waals surface area contributed by atoms with Crippen molar-refractivity contribution in [2.24, 2.45) is 0 Å². The minimum Gasteiger partial charge on any atom is -0.422 e. The van der Waals surface area contributed by atoms with Gasteiger partial charge in [0.1, 0.15) is 10.6 Å². The second-order valence-electron chi connectivity index (χ2n) is 4.91. The molecule has 3 aromatic rings. The van der Waals surface area contributed by atoms with Gasteiger partial charge in [-0.2, -0.15) is 0 Å². The Morgan fingerprint density at radius 1 is 1.22 bits per heavy atom. The van der Waals surface area contributed by atoms with Crippen LogP contribution < -0.4 is 4.74 Å². The molecular formula is C15H5Br2FO3S2. The third-order valence-corrected chi connectivity index (χ3v) is 7.61. The van der Waals surface area contributed by atoms with Crippen molar-refractivity contribution in [2.45, 2.75) is 6.42 Å². The van der Waals surface area contributed by atoms with Gasteiger partial charge in [0.25, 0.3) is 0 Å². The standard InChI is InChI=1S/C15H5Br2FO3S2/c16-13-9-10(18)12(22-11(9)14(17)23-13)15(20)21-6-1-2-7-5(3-6)4-8(7)19/h1-3H,4H2. The predicted octanol–water partition coefficient (Wildman–Crippen LogP) is 5.58. The molecule has 1 aliphatic rings. The molecular weight excluding hydrogens is 471 g/mol. The number of ether oxygens (including phenoxy) is 1. The lowest BCUT2D eigenvalue weighted by atomic mass is 9.87. The highest BCUT2D eigenvalue weighted by Crippen LogP contribution is 2.45. The van der Waals surface area contributed by atoms with Crippen LogP contribution in [0.5, 0.6) is 5.75 Å². The Bertz CT molecular complexity index is 1010. The second-order valence-corrected chi connectivity index (χ2v) is 9.58. The van der Waals surface area contributed by atoms with E-state index in [-0.39, 0.29) is 10.7 Å². The zero-order valence-electron chi connectivity index (χ0n) is 11.1. The average Bonchev–Trinajstić information content (AvgIpc) is 2.97. The summed E-state index contributed by atoms with van der Waals surface area (Å²) in [6.45, 7) is 0. The van der Waals surface area contributed by atoms with Crippen LogP contribution in [0, 0.1) is 5.82 Å². The minimum atomic E-state index is -0.738. The fourth-order valence-electron chi connectivity index (χ4n) is 2.40. The van der Waals surface area contributed by atoms with E-state index in [4.69, 9.17) is 4.74 Å². The highest BCUT2D eigenvalue weighted by Gasteiger charge is 2.27. The minimum absolute atomic E-state index is 0.0667. The smallest absolute Gasteiger partial charge is 0.356 e. The van der Waals surface area contributed by atoms with E-state index in [1.165, 1.54) is 11.3 Å². The normalized spacial score (nSPS) is 13.1. The van der Waals surface area contributed by atoms with Crippen LogP contribution in [0.25, 0.3) is 10.1 Å². The molecule has 0 radical (unpaired) electrons. The van der Waals surface area contributed by atoms with Crippen molar-refractivity contribution in [3.63, 3.8) is 0 Å². The molecule has 0 unspecified atom stereocenters. The first-order chi connectivity index (χ1) is 11.0. The Balaban J connectivity index is 1.67. The van der Waals surface area contributed by atoms with Gasteiger partial charge in [0.15, 0.2) is 11.6 Å². The number of thiophene rings is 2. The van der Waals surface area contributed by atoms with E-state index in [1.54, 1.807) is 18.2 Å². The van der Waals surface area contributed by atoms with Crippen molar-refractivity contribution in [1.82, 2.24) is 0 Å². The van der Waals surface area contributed by atoms with Gasteiger partial charge in [-0.05, 0) is 55.6 Å². The molecule has 2 aromatic heterocycles. The Morgan fingerprint density at radius 2 is 2.00 bits per heavy atom. The Kier molecular flexibility index (Phi) is 3.67. The molecule has 1 aromatic carbocycles. The summed E-state index contributed by atoms with van der Waals surface area (Å²) in [6.07, 6.45) is 0.351. The van der Waals surface area contributed by atoms with Crippen molar-refractivity contribution in [3.05, 3.63) is 47.6 Å². The monoisotopic (exact) mass is 474 g/mol. The van der Waals surface area contributed by atoms with Gasteiger partial charge in [-0.25, -0.2) is 9.18 Å². The Morgan fingerprint density at radius 3 is 2.65 bits per heavy atom. The number of benzene rings is 1. The lowest BCUT2D eigenvalue weighted by Crippen LogP contribution is -2.19. The van der Waals surface area contributed by atoms with E-state index in [2.05, 4.69) is 31.9 Å². The molecule has 2 heterocycles. The van der Waals surface area contributed by atoms with E-state index in [0.717, 1.165) is 20.7 Å². The largest absolute Gasteiger partial charge is 0.422 e. The van der Waals surface area contributed by atoms with Gasteiger partial charge in [0, 0.05) is 12.0 Å². The van der Waals surface area contributed by atoms with Gasteiger partial charge in [-0.3, -0.25) is 4.79 Å². The quantitative estimate of drug-likeness (QED) is 0.358. The zero-order chi connectivity index (χ0) is 16.3. The van der Waals surface area contributed by atoms with Crippen molar-refractivity contribution < 1.29 is 18.7 Å². The summed E-state index contributed by atoms with van der Waals surface area (Å²) in [5.74, 6) is -0.924. The van der Waals surface area contributed by atoms with E-state index in [1.807, 2.05) is 0 Å². The number of ketones is 1. The van der Waals surface area contributed by atoms with Crippen molar-refractivity contribution >= 4 is 76.4 Å². The van der Waals surface area contributed by atoms with Crippen molar-refractivity contribution in [1.29, 1.82) is 0 Å². The molecule has 0 amide bonds. The van der Waals surface area contributed by atoms with Crippen LogP contribution in [-0.2, 0) is 6.42 Å². The molecule has 1 aliphatic carbocycles. The van der Waals surface area contributed by atoms with Crippen LogP contribution in [0.3, 0.4) is 0 Å². The first-order valence-electron chi connectivity index (χ1n) is 6.40. The highest BCUT2D eigenvalue weighted by molar-refractivity contribution is 9.12. The SMILES string of the molecule is O=C1Cc2cc(OC(=O)c3sc4c(Br)sc(Br)c4c3F)ccc21. The van der Waals surface area contributed by atoms with Gasteiger partial charge in [-0.15, -0.1) is 22.7 Å². The van der Waals surface area contributed by atoms with Crippen LogP contribution in [0.1, 0.15) is 25.6 Å². The van der Waals surface area contributed by atoms with Crippen molar-refractivity contribution in [3.8, 4) is 5.75 Å². The number of carbonyl (C=O) groups excluding carboxylic acids is 2. The lowest BCUT2D eigenvalue weighted by molar-refractivity contribution is 0.0735. The molecule has 0 fully saturated rings. The van der Waals surface area contributed by atoms with E-state index < -0.39 is 11.8 Å². The number of rotatable bonds is 2. The molecule has 0 atom stereocenters. The van der Waals surface area contributed by atoms with Gasteiger partial charge in [0.05, 0.1) is 17.7 Å². The summed E-state index contributed by atoms with van der Waals surface area (Å²) < 4.78 is 21.8. The molecule has 3 nitrogen and oxygen atoms in total. The predicted molar refractivity (Wildman–Crippen MR) is 94.5 cm³/mol. The maximum atomic E-state index is 14.5. The van der Waals surface area contributed by atoms with E-state index in [0.29, 0.717) is 31.6 Å². The third-order valence-electron chi connectivity index (χ3n) is 3.53. The molecule has 0 N–H and O–H groups in total. The molecule has 0 spiro atoms. The number of hydrogen-bond donors (Lipinski definition) is 0. The summed E-state index contributed by atoms with van der Waals surface area (Å²) in [7, 11) is 0. The number of carbonyl (C=O) groups is 2. The van der Waals surface area contributed by atoms with E-state index in [9.17, 15) is 14.0 Å². The summed E-state index contributed by atoms with van der Waals surface area (Å²) in [5, 5.41) is 0.390. The summed E-state index contributed by atoms with van der Waals surface area (Å²) in [6, 6.07) is 4.82. The number of fused-ring (bicyclic) bond motifs is 2. The summed E-state index contributed by atoms with van der Waals surface area (Å²) in [4.78, 5) is 23.5. The Hall–Kier alpha value is -1.09. The molecule has 4 rings (SSSR count). The second kappa shape index (κ2) is 5.47. The van der Waals surface area contributed by atoms with Crippen molar-refractivity contribution in [2.75, 3.05) is 0 Å². The van der Waals surface area contributed by atoms with Crippen LogP contribution in [0.15, 0.2) is 25.8 Å². The molecule has 116 valence electrons.